The molecule has 2 aliphatic heterocycles. The molecule has 0 bridgehead atoms. The average molecular weight is 456 g/mol. The normalized spacial score (nSPS) is 25.5. The molecule has 1 amide bonds. The first-order valence-electron chi connectivity index (χ1n) is 9.02. The van der Waals surface area contributed by atoms with E-state index in [4.69, 9.17) is 11.2 Å². The second-order valence-corrected chi connectivity index (χ2v) is 8.02. The number of para-hydroxylation sites is 1. The summed E-state index contributed by atoms with van der Waals surface area (Å²) in [5.41, 5.74) is 0.670. The second-order valence-electron chi connectivity index (χ2n) is 7.17. The van der Waals surface area contributed by atoms with Gasteiger partial charge in [-0.3, -0.25) is 19.8 Å². The third kappa shape index (κ3) is 2.81. The van der Waals surface area contributed by atoms with Crippen LogP contribution in [0.15, 0.2) is 46.9 Å². The lowest BCUT2D eigenvalue weighted by molar-refractivity contribution is -0.534. The van der Waals surface area contributed by atoms with E-state index in [1.54, 1.807) is 54.4 Å². The van der Waals surface area contributed by atoms with Gasteiger partial charge in [-0.15, -0.1) is 6.42 Å². The van der Waals surface area contributed by atoms with Gasteiger partial charge in [0.15, 0.2) is 5.54 Å². The number of halogens is 1. The number of fused-ring (bicyclic) bond motifs is 2. The minimum atomic E-state index is -1.35. The summed E-state index contributed by atoms with van der Waals surface area (Å²) in [5, 5.41) is 15.1. The number of hydrogen-bond acceptors (Lipinski definition) is 5. The summed E-state index contributed by atoms with van der Waals surface area (Å²) in [4.78, 5) is 26.8. The highest BCUT2D eigenvalue weighted by molar-refractivity contribution is 9.10. The van der Waals surface area contributed by atoms with Crippen LogP contribution in [0.25, 0.3) is 0 Å². The fourth-order valence-corrected chi connectivity index (χ4v) is 5.08. The van der Waals surface area contributed by atoms with Crippen LogP contribution in [0.3, 0.4) is 0 Å². The van der Waals surface area contributed by atoms with Gasteiger partial charge >= 0.3 is 0 Å². The second kappa shape index (κ2) is 7.17. The Balaban J connectivity index is 1.80. The van der Waals surface area contributed by atoms with Crippen molar-refractivity contribution in [2.45, 2.75) is 17.5 Å². The van der Waals surface area contributed by atoms with E-state index in [2.05, 4.69) is 27.2 Å². The summed E-state index contributed by atoms with van der Waals surface area (Å²) in [7, 11) is 1.76. The molecule has 0 aromatic heterocycles. The Hall–Kier alpha value is -2.89. The van der Waals surface area contributed by atoms with Crippen molar-refractivity contribution in [3.05, 3.63) is 68.2 Å². The molecule has 3 atom stereocenters. The van der Waals surface area contributed by atoms with Gasteiger partial charge in [-0.1, -0.05) is 30.2 Å². The summed E-state index contributed by atoms with van der Waals surface area (Å²) >= 11 is 3.45. The molecular weight excluding hydrogens is 438 g/mol. The number of terminal acetylenes is 1. The lowest BCUT2D eigenvalue weighted by Gasteiger charge is -2.30. The average Bonchev–Trinajstić information content (AvgIpc) is 3.17. The van der Waals surface area contributed by atoms with E-state index in [-0.39, 0.29) is 17.4 Å². The van der Waals surface area contributed by atoms with Crippen molar-refractivity contribution in [2.24, 2.45) is 0 Å². The number of nitro groups is 1. The van der Waals surface area contributed by atoms with Crippen molar-refractivity contribution in [2.75, 3.05) is 25.5 Å². The predicted octanol–water partition coefficient (Wildman–Crippen LogP) is 2.98. The number of ether oxygens (including phenoxy) is 1. The largest absolute Gasteiger partial charge is 0.480 e. The van der Waals surface area contributed by atoms with Crippen LogP contribution in [-0.4, -0.2) is 42.0 Å². The van der Waals surface area contributed by atoms with Crippen LogP contribution in [0, 0.1) is 22.5 Å². The van der Waals surface area contributed by atoms with E-state index < -0.39 is 17.5 Å². The lowest BCUT2D eigenvalue weighted by Crippen LogP contribution is -2.54. The number of carbonyl (C=O) groups excluding carboxylic acids is 1. The SMILES string of the molecule is C#CCOc1ccc([C@@H]2CN(C)[C@]3(C(=O)Nc4ccccc43)[C@H]2[N+](=O)[O-])cc1Br. The lowest BCUT2D eigenvalue weighted by atomic mass is 9.79. The molecule has 7 nitrogen and oxygen atoms in total. The van der Waals surface area contributed by atoms with Crippen molar-refractivity contribution < 1.29 is 14.5 Å². The number of carbonyl (C=O) groups is 1. The molecule has 2 aromatic carbocycles. The zero-order chi connectivity index (χ0) is 20.8. The quantitative estimate of drug-likeness (QED) is 0.435. The summed E-state index contributed by atoms with van der Waals surface area (Å²) in [6, 6.07) is 11.4. The Morgan fingerprint density at radius 1 is 1.41 bits per heavy atom. The molecule has 0 unspecified atom stereocenters. The van der Waals surface area contributed by atoms with Gasteiger partial charge in [-0.25, -0.2) is 0 Å². The Morgan fingerprint density at radius 2 is 2.17 bits per heavy atom. The third-order valence-corrected chi connectivity index (χ3v) is 6.36. The first-order chi connectivity index (χ1) is 13.9. The minimum Gasteiger partial charge on any atom is -0.480 e. The first kappa shape index (κ1) is 19.4. The van der Waals surface area contributed by atoms with Crippen LogP contribution in [0.1, 0.15) is 17.0 Å². The van der Waals surface area contributed by atoms with Crippen LogP contribution in [0.5, 0.6) is 5.75 Å². The van der Waals surface area contributed by atoms with E-state index in [0.29, 0.717) is 28.0 Å². The predicted molar refractivity (Wildman–Crippen MR) is 111 cm³/mol. The standard InChI is InChI=1S/C21H18BrN3O4/c1-3-10-29-18-9-8-13(11-16(18)22)14-12-24(2)21(19(14)25(27)28)15-6-4-5-7-17(15)23-20(21)26/h1,4-9,11,14,19H,10,12H2,2H3,(H,23,26)/t14-,19-,21-/m0/s1. The first-order valence-corrected chi connectivity index (χ1v) is 9.82. The van der Waals surface area contributed by atoms with Crippen molar-refractivity contribution in [3.8, 4) is 18.1 Å². The Labute approximate surface area is 176 Å². The molecule has 0 radical (unpaired) electrons. The van der Waals surface area contributed by atoms with Gasteiger partial charge < -0.3 is 10.1 Å². The zero-order valence-electron chi connectivity index (χ0n) is 15.6. The van der Waals surface area contributed by atoms with E-state index in [9.17, 15) is 14.9 Å². The van der Waals surface area contributed by atoms with Gasteiger partial charge in [0.05, 0.1) is 10.4 Å². The Morgan fingerprint density at radius 3 is 2.86 bits per heavy atom. The van der Waals surface area contributed by atoms with Crippen LogP contribution < -0.4 is 10.1 Å². The topological polar surface area (TPSA) is 84.7 Å². The molecule has 1 N–H and O–H groups in total. The number of hydrogen-bond donors (Lipinski definition) is 1. The van der Waals surface area contributed by atoms with Crippen LogP contribution >= 0.6 is 15.9 Å². The van der Waals surface area contributed by atoms with E-state index in [1.165, 1.54) is 0 Å². The molecule has 1 saturated heterocycles. The zero-order valence-corrected chi connectivity index (χ0v) is 17.2. The number of nitrogens with one attached hydrogen (secondary N) is 1. The van der Waals surface area contributed by atoms with Gasteiger partial charge in [0, 0.05) is 22.7 Å². The van der Waals surface area contributed by atoms with Crippen molar-refractivity contribution in [1.29, 1.82) is 0 Å². The Kier molecular flexibility index (Phi) is 4.81. The highest BCUT2D eigenvalue weighted by Crippen LogP contribution is 2.52. The highest BCUT2D eigenvalue weighted by Gasteiger charge is 2.68. The van der Waals surface area contributed by atoms with Crippen molar-refractivity contribution in [1.82, 2.24) is 4.90 Å². The number of likely N-dealkylation sites (N-methyl/N-ethyl adjacent to an activating group) is 1. The fraction of sp³-hybridized carbons (Fsp3) is 0.286. The maximum atomic E-state index is 13.1. The summed E-state index contributed by atoms with van der Waals surface area (Å²) in [5.74, 6) is 2.12. The number of anilines is 1. The van der Waals surface area contributed by atoms with E-state index in [0.717, 1.165) is 5.56 Å². The van der Waals surface area contributed by atoms with Gasteiger partial charge in [0.2, 0.25) is 0 Å². The number of nitrogens with zero attached hydrogens (tertiary/aromatic N) is 2. The molecule has 2 heterocycles. The number of rotatable bonds is 4. The summed E-state index contributed by atoms with van der Waals surface area (Å²) in [6.45, 7) is 0.492. The van der Waals surface area contributed by atoms with E-state index >= 15 is 0 Å². The molecule has 1 spiro atoms. The van der Waals surface area contributed by atoms with Crippen molar-refractivity contribution in [3.63, 3.8) is 0 Å². The summed E-state index contributed by atoms with van der Waals surface area (Å²) < 4.78 is 6.12. The van der Waals surface area contributed by atoms with Gasteiger partial charge in [0.1, 0.15) is 12.4 Å². The van der Waals surface area contributed by atoms with Crippen LogP contribution in [0.4, 0.5) is 5.69 Å². The van der Waals surface area contributed by atoms with Crippen LogP contribution in [0.2, 0.25) is 0 Å². The van der Waals surface area contributed by atoms with Gasteiger partial charge in [0.25, 0.3) is 11.9 Å². The molecule has 148 valence electrons. The molecular formula is C21H18BrN3O4. The maximum absolute atomic E-state index is 13.1. The molecule has 29 heavy (non-hydrogen) atoms. The molecule has 2 aliphatic rings. The summed E-state index contributed by atoms with van der Waals surface area (Å²) in [6.07, 6.45) is 5.23. The Bertz CT molecular complexity index is 1050. The molecule has 8 heteroatoms. The minimum absolute atomic E-state index is 0.127. The monoisotopic (exact) mass is 455 g/mol. The molecule has 4 rings (SSSR count). The van der Waals surface area contributed by atoms with Crippen molar-refractivity contribution >= 4 is 27.5 Å². The molecule has 0 aliphatic carbocycles. The maximum Gasteiger partial charge on any atom is 0.256 e. The van der Waals surface area contributed by atoms with Crippen LogP contribution in [-0.2, 0) is 10.3 Å². The number of likely N-dealkylation sites (tertiary alicyclic amines) is 1. The smallest absolute Gasteiger partial charge is 0.256 e. The number of benzene rings is 2. The third-order valence-electron chi connectivity index (χ3n) is 5.74. The molecule has 2 aromatic rings. The molecule has 0 saturated carbocycles. The fourth-order valence-electron chi connectivity index (χ4n) is 4.56. The van der Waals surface area contributed by atoms with Gasteiger partial charge in [-0.05, 0) is 46.7 Å². The van der Waals surface area contributed by atoms with E-state index in [1.807, 2.05) is 0 Å². The highest BCUT2D eigenvalue weighted by atomic mass is 79.9. The number of amides is 1. The van der Waals surface area contributed by atoms with Gasteiger partial charge in [-0.2, -0.15) is 0 Å². The molecule has 1 fully saturated rings.